The maximum atomic E-state index is 10.3. The lowest BCUT2D eigenvalue weighted by molar-refractivity contribution is -0.107. The van der Waals surface area contributed by atoms with E-state index in [2.05, 4.69) is 30.1 Å². The van der Waals surface area contributed by atoms with Gasteiger partial charge < -0.3 is 4.79 Å². The summed E-state index contributed by atoms with van der Waals surface area (Å²) in [5.74, 6) is 0. The van der Waals surface area contributed by atoms with E-state index in [9.17, 15) is 4.79 Å². The molecule has 0 unspecified atom stereocenters. The first-order valence-electron chi connectivity index (χ1n) is 5.08. The van der Waals surface area contributed by atoms with Crippen LogP contribution in [0.4, 0.5) is 0 Å². The van der Waals surface area contributed by atoms with Crippen molar-refractivity contribution < 1.29 is 4.79 Å². The van der Waals surface area contributed by atoms with Crippen LogP contribution in [0.15, 0.2) is 30.6 Å². The smallest absolute Gasteiger partial charge is 0.120 e. The van der Waals surface area contributed by atoms with Crippen molar-refractivity contribution in [2.45, 2.75) is 19.8 Å². The molecule has 0 aliphatic heterocycles. The van der Waals surface area contributed by atoms with Crippen molar-refractivity contribution in [2.24, 2.45) is 0 Å². The van der Waals surface area contributed by atoms with Gasteiger partial charge in [-0.25, -0.2) is 0 Å². The summed E-state index contributed by atoms with van der Waals surface area (Å²) in [5.41, 5.74) is 2.39. The third-order valence-corrected chi connectivity index (χ3v) is 2.57. The zero-order valence-electron chi connectivity index (χ0n) is 8.73. The second-order valence-corrected chi connectivity index (χ2v) is 3.72. The van der Waals surface area contributed by atoms with Crippen molar-refractivity contribution in [1.29, 1.82) is 0 Å². The molecular weight excluding hydrogens is 186 g/mol. The predicted octanol–water partition coefficient (Wildman–Crippen LogP) is 2.67. The van der Waals surface area contributed by atoms with Crippen LogP contribution >= 0.6 is 0 Å². The Hall–Kier alpha value is -1.70. The molecule has 76 valence electrons. The molecule has 1 heterocycles. The Morgan fingerprint density at radius 1 is 1.33 bits per heavy atom. The molecule has 0 saturated heterocycles. The Balaban J connectivity index is 2.43. The molecule has 0 spiro atoms. The Kier molecular flexibility index (Phi) is 2.77. The molecule has 1 aromatic carbocycles. The van der Waals surface area contributed by atoms with Gasteiger partial charge in [-0.05, 0) is 35.9 Å². The van der Waals surface area contributed by atoms with Crippen LogP contribution in [0.2, 0.25) is 0 Å². The van der Waals surface area contributed by atoms with Gasteiger partial charge in [0.1, 0.15) is 6.29 Å². The van der Waals surface area contributed by atoms with Crippen molar-refractivity contribution in [1.82, 2.24) is 4.98 Å². The number of hydrogen-bond donors (Lipinski definition) is 0. The lowest BCUT2D eigenvalue weighted by atomic mass is 10.0. The van der Waals surface area contributed by atoms with Crippen molar-refractivity contribution in [2.75, 3.05) is 0 Å². The quantitative estimate of drug-likeness (QED) is 0.711. The molecule has 2 heteroatoms. The van der Waals surface area contributed by atoms with Gasteiger partial charge in [-0.3, -0.25) is 4.98 Å². The molecule has 0 atom stereocenters. The van der Waals surface area contributed by atoms with E-state index in [1.54, 1.807) is 0 Å². The first-order valence-corrected chi connectivity index (χ1v) is 5.08. The number of fused-ring (bicyclic) bond motifs is 1. The van der Waals surface area contributed by atoms with Gasteiger partial charge in [-0.1, -0.05) is 12.1 Å². The van der Waals surface area contributed by atoms with Gasteiger partial charge >= 0.3 is 0 Å². The van der Waals surface area contributed by atoms with Crippen molar-refractivity contribution in [3.05, 3.63) is 41.7 Å². The van der Waals surface area contributed by atoms with Crippen LogP contribution in [0.1, 0.15) is 17.5 Å². The molecule has 2 rings (SSSR count). The van der Waals surface area contributed by atoms with Crippen molar-refractivity contribution >= 4 is 17.1 Å². The van der Waals surface area contributed by atoms with E-state index in [0.717, 1.165) is 18.1 Å². The number of carbonyl (C=O) groups excluding carboxylic acids is 1. The monoisotopic (exact) mass is 199 g/mol. The van der Waals surface area contributed by atoms with E-state index in [-0.39, 0.29) is 0 Å². The fourth-order valence-electron chi connectivity index (χ4n) is 1.76. The highest BCUT2D eigenvalue weighted by Crippen LogP contribution is 2.18. The summed E-state index contributed by atoms with van der Waals surface area (Å²) in [6.07, 6.45) is 6.09. The maximum Gasteiger partial charge on any atom is 0.120 e. The van der Waals surface area contributed by atoms with Gasteiger partial charge in [0.15, 0.2) is 0 Å². The predicted molar refractivity (Wildman–Crippen MR) is 60.9 cm³/mol. The molecule has 2 nitrogen and oxygen atoms in total. The fourth-order valence-corrected chi connectivity index (χ4v) is 1.76. The topological polar surface area (TPSA) is 30.0 Å². The van der Waals surface area contributed by atoms with Gasteiger partial charge in [-0.15, -0.1) is 0 Å². The number of aldehydes is 1. The molecule has 0 aliphatic carbocycles. The first-order chi connectivity index (χ1) is 7.31. The fraction of sp³-hybridized carbons (Fsp3) is 0.231. The largest absolute Gasteiger partial charge is 0.303 e. The Bertz CT molecular complexity index is 491. The Morgan fingerprint density at radius 2 is 2.20 bits per heavy atom. The summed E-state index contributed by atoms with van der Waals surface area (Å²) >= 11 is 0. The van der Waals surface area contributed by atoms with E-state index in [0.29, 0.717) is 6.42 Å². The van der Waals surface area contributed by atoms with E-state index in [1.807, 2.05) is 12.4 Å². The van der Waals surface area contributed by atoms with Gasteiger partial charge in [-0.2, -0.15) is 0 Å². The minimum atomic E-state index is 0.588. The zero-order chi connectivity index (χ0) is 10.7. The molecule has 0 N–H and O–H groups in total. The number of hydrogen-bond acceptors (Lipinski definition) is 2. The summed E-state index contributed by atoms with van der Waals surface area (Å²) in [7, 11) is 0. The number of aryl methyl sites for hydroxylation is 2. The molecule has 0 radical (unpaired) electrons. The summed E-state index contributed by atoms with van der Waals surface area (Å²) in [5, 5.41) is 2.39. The van der Waals surface area contributed by atoms with Gasteiger partial charge in [0.05, 0.1) is 0 Å². The lowest BCUT2D eigenvalue weighted by Crippen LogP contribution is -1.88. The number of benzene rings is 1. The third-order valence-electron chi connectivity index (χ3n) is 2.57. The van der Waals surface area contributed by atoms with Crippen LogP contribution in [0.5, 0.6) is 0 Å². The van der Waals surface area contributed by atoms with Crippen LogP contribution in [0.25, 0.3) is 10.8 Å². The SMILES string of the molecule is Cc1cncc2cc(CCC=O)ccc12. The minimum Gasteiger partial charge on any atom is -0.303 e. The van der Waals surface area contributed by atoms with E-state index in [4.69, 9.17) is 0 Å². The highest BCUT2D eigenvalue weighted by atomic mass is 16.1. The zero-order valence-corrected chi connectivity index (χ0v) is 8.73. The van der Waals surface area contributed by atoms with Crippen LogP contribution < -0.4 is 0 Å². The van der Waals surface area contributed by atoms with Gasteiger partial charge in [0, 0.05) is 24.2 Å². The Morgan fingerprint density at radius 3 is 3.00 bits per heavy atom. The van der Waals surface area contributed by atoms with E-state index >= 15 is 0 Å². The van der Waals surface area contributed by atoms with Crippen LogP contribution in [0, 0.1) is 6.92 Å². The standard InChI is InChI=1S/C13H13NO/c1-10-8-14-9-12-7-11(3-2-6-15)4-5-13(10)12/h4-9H,2-3H2,1H3. The number of nitrogens with zero attached hydrogens (tertiary/aromatic N) is 1. The molecule has 0 amide bonds. The second-order valence-electron chi connectivity index (χ2n) is 3.72. The van der Waals surface area contributed by atoms with Gasteiger partial charge in [0.25, 0.3) is 0 Å². The Labute approximate surface area is 89.0 Å². The number of pyridine rings is 1. The third kappa shape index (κ3) is 2.04. The molecule has 15 heavy (non-hydrogen) atoms. The number of carbonyl (C=O) groups is 1. The molecule has 0 saturated carbocycles. The summed E-state index contributed by atoms with van der Waals surface area (Å²) < 4.78 is 0. The lowest BCUT2D eigenvalue weighted by Gasteiger charge is -2.03. The molecule has 1 aromatic heterocycles. The molecule has 0 bridgehead atoms. The highest BCUT2D eigenvalue weighted by Gasteiger charge is 1.99. The van der Waals surface area contributed by atoms with E-state index in [1.165, 1.54) is 16.5 Å². The van der Waals surface area contributed by atoms with Crippen molar-refractivity contribution in [3.63, 3.8) is 0 Å². The van der Waals surface area contributed by atoms with Gasteiger partial charge in [0.2, 0.25) is 0 Å². The summed E-state index contributed by atoms with van der Waals surface area (Å²) in [6, 6.07) is 6.30. The van der Waals surface area contributed by atoms with E-state index < -0.39 is 0 Å². The second kappa shape index (κ2) is 4.22. The number of rotatable bonds is 3. The minimum absolute atomic E-state index is 0.588. The van der Waals surface area contributed by atoms with Crippen LogP contribution in [-0.4, -0.2) is 11.3 Å². The summed E-state index contributed by atoms with van der Waals surface area (Å²) in [6.45, 7) is 2.06. The average Bonchev–Trinajstić information content (AvgIpc) is 2.26. The average molecular weight is 199 g/mol. The molecule has 0 aliphatic rings. The van der Waals surface area contributed by atoms with Crippen LogP contribution in [-0.2, 0) is 11.2 Å². The normalized spacial score (nSPS) is 10.5. The molecule has 0 fully saturated rings. The molecule has 2 aromatic rings. The maximum absolute atomic E-state index is 10.3. The molecular formula is C13H13NO. The van der Waals surface area contributed by atoms with Crippen molar-refractivity contribution in [3.8, 4) is 0 Å². The highest BCUT2D eigenvalue weighted by molar-refractivity contribution is 5.85. The first kappa shape index (κ1) is 9.84. The number of aromatic nitrogens is 1. The summed E-state index contributed by atoms with van der Waals surface area (Å²) in [4.78, 5) is 14.4. The van der Waals surface area contributed by atoms with Crippen LogP contribution in [0.3, 0.4) is 0 Å².